The van der Waals surface area contributed by atoms with E-state index in [1.54, 1.807) is 12.1 Å². The predicted octanol–water partition coefficient (Wildman–Crippen LogP) is 2.98. The molecule has 0 unspecified atom stereocenters. The highest BCUT2D eigenvalue weighted by molar-refractivity contribution is 5.95. The maximum absolute atomic E-state index is 11.3. The lowest BCUT2D eigenvalue weighted by molar-refractivity contribution is 0.0697. The molecular formula is C16H24N2O2. The molecule has 4 nitrogen and oxygen atoms in total. The van der Waals surface area contributed by atoms with Crippen LogP contribution in [-0.2, 0) is 0 Å². The van der Waals surface area contributed by atoms with Gasteiger partial charge in [-0.25, -0.2) is 4.79 Å². The van der Waals surface area contributed by atoms with Crippen LogP contribution in [0.15, 0.2) is 18.2 Å². The van der Waals surface area contributed by atoms with Gasteiger partial charge in [0.25, 0.3) is 0 Å². The minimum atomic E-state index is -0.861. The summed E-state index contributed by atoms with van der Waals surface area (Å²) in [6.45, 7) is 7.52. The Kier molecular flexibility index (Phi) is 5.01. The predicted molar refractivity (Wildman–Crippen MR) is 81.5 cm³/mol. The number of carboxylic acid groups (broad SMARTS) is 1. The number of para-hydroxylation sites is 1. The van der Waals surface area contributed by atoms with Gasteiger partial charge < -0.3 is 15.3 Å². The minimum Gasteiger partial charge on any atom is -0.478 e. The number of carboxylic acids is 1. The summed E-state index contributed by atoms with van der Waals surface area (Å²) in [6.07, 6.45) is 3.35. The number of benzene rings is 1. The molecule has 0 bridgehead atoms. The zero-order valence-electron chi connectivity index (χ0n) is 12.4. The zero-order chi connectivity index (χ0) is 14.5. The van der Waals surface area contributed by atoms with E-state index in [4.69, 9.17) is 0 Å². The number of nitrogens with one attached hydrogen (secondary N) is 1. The minimum absolute atomic E-state index is 0.376. The summed E-state index contributed by atoms with van der Waals surface area (Å²) >= 11 is 0. The van der Waals surface area contributed by atoms with Crippen molar-refractivity contribution in [3.05, 3.63) is 29.3 Å². The van der Waals surface area contributed by atoms with Crippen LogP contribution in [0.5, 0.6) is 0 Å². The smallest absolute Gasteiger partial charge is 0.337 e. The molecule has 0 atom stereocenters. The second kappa shape index (κ2) is 6.75. The number of rotatable bonds is 5. The monoisotopic (exact) mass is 276 g/mol. The standard InChI is InChI=1S/C16H24N2O2/c1-3-9-18-10-7-13(8-11-18)17-15-12(2)5-4-6-14(15)16(19)20/h4-6,13,17H,3,7-11H2,1-2H3,(H,19,20). The van der Waals surface area contributed by atoms with Crippen molar-refractivity contribution in [1.82, 2.24) is 4.90 Å². The molecule has 0 spiro atoms. The van der Waals surface area contributed by atoms with E-state index in [9.17, 15) is 9.90 Å². The summed E-state index contributed by atoms with van der Waals surface area (Å²) in [6, 6.07) is 5.81. The van der Waals surface area contributed by atoms with Crippen LogP contribution in [-0.4, -0.2) is 41.7 Å². The number of likely N-dealkylation sites (tertiary alicyclic amines) is 1. The van der Waals surface area contributed by atoms with Crippen LogP contribution in [0, 0.1) is 6.92 Å². The first-order valence-corrected chi connectivity index (χ1v) is 7.43. The Bertz CT molecular complexity index is 466. The highest BCUT2D eigenvalue weighted by Gasteiger charge is 2.21. The molecular weight excluding hydrogens is 252 g/mol. The number of nitrogens with zero attached hydrogens (tertiary/aromatic N) is 1. The summed E-state index contributed by atoms with van der Waals surface area (Å²) < 4.78 is 0. The average molecular weight is 276 g/mol. The lowest BCUT2D eigenvalue weighted by atomic mass is 10.0. The zero-order valence-corrected chi connectivity index (χ0v) is 12.4. The lowest BCUT2D eigenvalue weighted by Gasteiger charge is -2.33. The van der Waals surface area contributed by atoms with Gasteiger partial charge in [-0.2, -0.15) is 0 Å². The SMILES string of the molecule is CCCN1CCC(Nc2c(C)cccc2C(=O)O)CC1. The topological polar surface area (TPSA) is 52.6 Å². The van der Waals surface area contributed by atoms with Crippen LogP contribution in [0.4, 0.5) is 5.69 Å². The second-order valence-electron chi connectivity index (χ2n) is 5.56. The Balaban J connectivity index is 2.03. The molecule has 0 radical (unpaired) electrons. The molecule has 0 aromatic heterocycles. The van der Waals surface area contributed by atoms with Gasteiger partial charge in [0.05, 0.1) is 11.3 Å². The molecule has 20 heavy (non-hydrogen) atoms. The first kappa shape index (κ1) is 14.9. The van der Waals surface area contributed by atoms with E-state index in [2.05, 4.69) is 17.1 Å². The van der Waals surface area contributed by atoms with E-state index >= 15 is 0 Å². The van der Waals surface area contributed by atoms with E-state index in [1.807, 2.05) is 13.0 Å². The maximum atomic E-state index is 11.3. The largest absolute Gasteiger partial charge is 0.478 e. The van der Waals surface area contributed by atoms with E-state index in [0.29, 0.717) is 11.6 Å². The third-order valence-electron chi connectivity index (χ3n) is 3.98. The van der Waals surface area contributed by atoms with Crippen molar-refractivity contribution in [3.8, 4) is 0 Å². The van der Waals surface area contributed by atoms with Gasteiger partial charge in [-0.1, -0.05) is 19.1 Å². The second-order valence-corrected chi connectivity index (χ2v) is 5.56. The Morgan fingerprint density at radius 1 is 1.40 bits per heavy atom. The van der Waals surface area contributed by atoms with Gasteiger partial charge in [-0.05, 0) is 44.4 Å². The number of piperidine rings is 1. The van der Waals surface area contributed by atoms with Crippen LogP contribution >= 0.6 is 0 Å². The number of hydrogen-bond acceptors (Lipinski definition) is 3. The molecule has 1 saturated heterocycles. The molecule has 110 valence electrons. The first-order chi connectivity index (χ1) is 9.61. The Hall–Kier alpha value is -1.55. The molecule has 2 N–H and O–H groups in total. The fourth-order valence-electron chi connectivity index (χ4n) is 2.86. The highest BCUT2D eigenvalue weighted by atomic mass is 16.4. The van der Waals surface area contributed by atoms with E-state index in [0.717, 1.165) is 43.7 Å². The van der Waals surface area contributed by atoms with Gasteiger partial charge in [0.15, 0.2) is 0 Å². The fourth-order valence-corrected chi connectivity index (χ4v) is 2.86. The van der Waals surface area contributed by atoms with Crippen molar-refractivity contribution >= 4 is 11.7 Å². The van der Waals surface area contributed by atoms with Gasteiger partial charge in [-0.3, -0.25) is 0 Å². The van der Waals surface area contributed by atoms with Crippen LogP contribution < -0.4 is 5.32 Å². The number of anilines is 1. The Morgan fingerprint density at radius 3 is 2.70 bits per heavy atom. The number of aromatic carboxylic acids is 1. The molecule has 0 amide bonds. The van der Waals surface area contributed by atoms with Crippen molar-refractivity contribution in [1.29, 1.82) is 0 Å². The molecule has 0 saturated carbocycles. The third kappa shape index (κ3) is 3.51. The van der Waals surface area contributed by atoms with Gasteiger partial charge in [0.2, 0.25) is 0 Å². The van der Waals surface area contributed by atoms with Gasteiger partial charge in [-0.15, -0.1) is 0 Å². The van der Waals surface area contributed by atoms with Crippen LogP contribution in [0.25, 0.3) is 0 Å². The third-order valence-corrected chi connectivity index (χ3v) is 3.98. The van der Waals surface area contributed by atoms with Gasteiger partial charge in [0.1, 0.15) is 0 Å². The molecule has 0 aliphatic carbocycles. The maximum Gasteiger partial charge on any atom is 0.337 e. The number of carbonyl (C=O) groups is 1. The molecule has 1 heterocycles. The quantitative estimate of drug-likeness (QED) is 0.868. The number of hydrogen-bond donors (Lipinski definition) is 2. The fraction of sp³-hybridized carbons (Fsp3) is 0.562. The van der Waals surface area contributed by atoms with Crippen molar-refractivity contribution in [2.45, 2.75) is 39.2 Å². The van der Waals surface area contributed by atoms with Crippen molar-refractivity contribution in [2.24, 2.45) is 0 Å². The van der Waals surface area contributed by atoms with Crippen LogP contribution in [0.1, 0.15) is 42.1 Å². The van der Waals surface area contributed by atoms with E-state index < -0.39 is 5.97 Å². The normalized spacial score (nSPS) is 17.1. The van der Waals surface area contributed by atoms with E-state index in [1.165, 1.54) is 6.42 Å². The van der Waals surface area contributed by atoms with Crippen molar-refractivity contribution < 1.29 is 9.90 Å². The summed E-state index contributed by atoms with van der Waals surface area (Å²) in [5.41, 5.74) is 2.16. The summed E-state index contributed by atoms with van der Waals surface area (Å²) in [4.78, 5) is 13.8. The van der Waals surface area contributed by atoms with Gasteiger partial charge >= 0.3 is 5.97 Å². The van der Waals surface area contributed by atoms with Crippen molar-refractivity contribution in [3.63, 3.8) is 0 Å². The molecule has 1 aliphatic rings. The molecule has 1 aromatic carbocycles. The average Bonchev–Trinajstić information content (AvgIpc) is 2.43. The molecule has 1 aromatic rings. The summed E-state index contributed by atoms with van der Waals surface area (Å²) in [5.74, 6) is -0.861. The number of aryl methyl sites for hydroxylation is 1. The van der Waals surface area contributed by atoms with Crippen LogP contribution in [0.2, 0.25) is 0 Å². The summed E-state index contributed by atoms with van der Waals surface area (Å²) in [5, 5.41) is 12.7. The molecule has 1 fully saturated rings. The lowest BCUT2D eigenvalue weighted by Crippen LogP contribution is -2.39. The molecule has 1 aliphatic heterocycles. The highest BCUT2D eigenvalue weighted by Crippen LogP contribution is 2.24. The molecule has 4 heteroatoms. The van der Waals surface area contributed by atoms with Crippen molar-refractivity contribution in [2.75, 3.05) is 25.0 Å². The Morgan fingerprint density at radius 2 is 2.10 bits per heavy atom. The van der Waals surface area contributed by atoms with E-state index in [-0.39, 0.29) is 0 Å². The summed E-state index contributed by atoms with van der Waals surface area (Å²) in [7, 11) is 0. The first-order valence-electron chi connectivity index (χ1n) is 7.43. The van der Waals surface area contributed by atoms with Crippen LogP contribution in [0.3, 0.4) is 0 Å². The van der Waals surface area contributed by atoms with Gasteiger partial charge in [0, 0.05) is 19.1 Å². The Labute approximate surface area is 120 Å². The molecule has 2 rings (SSSR count).